The van der Waals surface area contributed by atoms with Crippen molar-refractivity contribution in [2.24, 2.45) is 5.92 Å². The van der Waals surface area contributed by atoms with E-state index >= 15 is 0 Å². The maximum atomic E-state index is 12.8. The van der Waals surface area contributed by atoms with Gasteiger partial charge in [0.2, 0.25) is 10.0 Å². The van der Waals surface area contributed by atoms with Crippen molar-refractivity contribution in [1.82, 2.24) is 14.2 Å². The summed E-state index contributed by atoms with van der Waals surface area (Å²) in [5.74, 6) is 0.788. The minimum atomic E-state index is -3.62. The number of piperidine rings is 1. The summed E-state index contributed by atoms with van der Waals surface area (Å²) in [6.45, 7) is 6.19. The third kappa shape index (κ3) is 5.61. The van der Waals surface area contributed by atoms with Gasteiger partial charge >= 0.3 is 4.87 Å². The van der Waals surface area contributed by atoms with Crippen LogP contribution in [0.1, 0.15) is 31.7 Å². The number of sulfonamides is 1. The Hall–Kier alpha value is -1.71. The molecule has 9 heteroatoms. The summed E-state index contributed by atoms with van der Waals surface area (Å²) in [5, 5.41) is 0.643. The molecule has 172 valence electrons. The fourth-order valence-electron chi connectivity index (χ4n) is 4.01. The van der Waals surface area contributed by atoms with Crippen LogP contribution in [0.2, 0.25) is 5.02 Å². The smallest absolute Gasteiger partial charge is 0.303 e. The monoisotopic (exact) mass is 493 g/mol. The van der Waals surface area contributed by atoms with Crippen molar-refractivity contribution >= 4 is 43.2 Å². The Morgan fingerprint density at radius 1 is 1.12 bits per heavy atom. The highest BCUT2D eigenvalue weighted by Gasteiger charge is 2.18. The van der Waals surface area contributed by atoms with Gasteiger partial charge in [0.05, 0.1) is 21.7 Å². The molecule has 2 heterocycles. The number of aromatic nitrogens is 1. The molecule has 0 radical (unpaired) electrons. The standard InChI is InChI=1S/C23H28ClN3O3S2/c1-17-9-13-26(14-10-17)12-2-11-25-32(29,30)20-7-8-21-22(15-20)31-23(28)27(21)16-18-3-5-19(24)6-4-18/h3-8,15,17,25H,2,9-14,16H2,1H3. The van der Waals surface area contributed by atoms with Gasteiger partial charge in [-0.15, -0.1) is 0 Å². The molecule has 1 aliphatic rings. The van der Waals surface area contributed by atoms with E-state index in [1.165, 1.54) is 12.8 Å². The molecule has 1 N–H and O–H groups in total. The maximum Gasteiger partial charge on any atom is 0.308 e. The van der Waals surface area contributed by atoms with Crippen LogP contribution >= 0.6 is 22.9 Å². The lowest BCUT2D eigenvalue weighted by atomic mass is 9.99. The quantitative estimate of drug-likeness (QED) is 0.478. The average Bonchev–Trinajstić information content (AvgIpc) is 3.08. The van der Waals surface area contributed by atoms with Crippen LogP contribution in [-0.2, 0) is 16.6 Å². The van der Waals surface area contributed by atoms with Crippen LogP contribution in [0.4, 0.5) is 0 Å². The van der Waals surface area contributed by atoms with Crippen LogP contribution in [0.5, 0.6) is 0 Å². The van der Waals surface area contributed by atoms with Gasteiger partial charge < -0.3 is 4.90 Å². The predicted molar refractivity (Wildman–Crippen MR) is 131 cm³/mol. The van der Waals surface area contributed by atoms with E-state index in [2.05, 4.69) is 16.5 Å². The zero-order valence-electron chi connectivity index (χ0n) is 18.1. The molecule has 0 atom stereocenters. The van der Waals surface area contributed by atoms with Crippen LogP contribution in [0.15, 0.2) is 52.2 Å². The molecule has 1 aromatic heterocycles. The molecule has 0 bridgehead atoms. The SMILES string of the molecule is CC1CCN(CCCNS(=O)(=O)c2ccc3c(c2)sc(=O)n3Cc2ccc(Cl)cc2)CC1. The zero-order chi connectivity index (χ0) is 22.7. The van der Waals surface area contributed by atoms with E-state index in [1.807, 2.05) is 12.1 Å². The number of thiazole rings is 1. The Morgan fingerprint density at radius 3 is 2.56 bits per heavy atom. The lowest BCUT2D eigenvalue weighted by Crippen LogP contribution is -2.35. The first-order valence-electron chi connectivity index (χ1n) is 10.9. The highest BCUT2D eigenvalue weighted by molar-refractivity contribution is 7.89. The van der Waals surface area contributed by atoms with Crippen LogP contribution in [0.25, 0.3) is 10.2 Å². The summed E-state index contributed by atoms with van der Waals surface area (Å²) in [7, 11) is -3.62. The maximum absolute atomic E-state index is 12.8. The molecule has 4 rings (SSSR count). The number of hydrogen-bond acceptors (Lipinski definition) is 5. The van der Waals surface area contributed by atoms with Crippen molar-refractivity contribution < 1.29 is 8.42 Å². The largest absolute Gasteiger partial charge is 0.308 e. The van der Waals surface area contributed by atoms with Gasteiger partial charge in [0.15, 0.2) is 0 Å². The van der Waals surface area contributed by atoms with Crippen LogP contribution in [-0.4, -0.2) is 44.1 Å². The summed E-state index contributed by atoms with van der Waals surface area (Å²) in [6, 6.07) is 12.2. The minimum absolute atomic E-state index is 0.117. The number of fused-ring (bicyclic) bond motifs is 1. The normalized spacial score (nSPS) is 16.1. The number of benzene rings is 2. The molecule has 0 saturated carbocycles. The molecule has 1 aliphatic heterocycles. The van der Waals surface area contributed by atoms with E-state index in [0.717, 1.165) is 54.4 Å². The summed E-state index contributed by atoms with van der Waals surface area (Å²) in [5.41, 5.74) is 1.69. The highest BCUT2D eigenvalue weighted by Crippen LogP contribution is 2.23. The molecule has 0 amide bonds. The van der Waals surface area contributed by atoms with Gasteiger partial charge in [0, 0.05) is 11.6 Å². The first kappa shape index (κ1) is 23.4. The van der Waals surface area contributed by atoms with Gasteiger partial charge in [-0.3, -0.25) is 9.36 Å². The Morgan fingerprint density at radius 2 is 1.84 bits per heavy atom. The molecule has 0 aliphatic carbocycles. The van der Waals surface area contributed by atoms with Gasteiger partial charge in [-0.25, -0.2) is 13.1 Å². The van der Waals surface area contributed by atoms with Crippen molar-refractivity contribution in [3.8, 4) is 0 Å². The Balaban J connectivity index is 1.41. The number of likely N-dealkylation sites (tertiary alicyclic amines) is 1. The van der Waals surface area contributed by atoms with E-state index in [9.17, 15) is 13.2 Å². The lowest BCUT2D eigenvalue weighted by Gasteiger charge is -2.30. The predicted octanol–water partition coefficient (Wildman–Crippen LogP) is 4.17. The summed E-state index contributed by atoms with van der Waals surface area (Å²) in [4.78, 5) is 15.0. The first-order chi connectivity index (χ1) is 15.3. The molecule has 0 unspecified atom stereocenters. The van der Waals surface area contributed by atoms with Crippen molar-refractivity contribution in [2.45, 2.75) is 37.6 Å². The summed E-state index contributed by atoms with van der Waals surface area (Å²) < 4.78 is 30.6. The molecule has 1 saturated heterocycles. The lowest BCUT2D eigenvalue weighted by molar-refractivity contribution is 0.191. The third-order valence-electron chi connectivity index (χ3n) is 6.02. The van der Waals surface area contributed by atoms with E-state index in [1.54, 1.807) is 34.9 Å². The Labute approximate surface area is 197 Å². The first-order valence-corrected chi connectivity index (χ1v) is 13.6. The van der Waals surface area contributed by atoms with Crippen molar-refractivity contribution in [3.63, 3.8) is 0 Å². The van der Waals surface area contributed by atoms with Gasteiger partial charge in [-0.1, -0.05) is 42.0 Å². The molecule has 6 nitrogen and oxygen atoms in total. The topological polar surface area (TPSA) is 71.4 Å². The number of halogens is 1. The Kier molecular flexibility index (Phi) is 7.37. The van der Waals surface area contributed by atoms with Crippen LogP contribution < -0.4 is 9.60 Å². The second-order valence-corrected chi connectivity index (χ2v) is 11.7. The molecule has 2 aromatic carbocycles. The summed E-state index contributed by atoms with van der Waals surface area (Å²) >= 11 is 7.00. The van der Waals surface area contributed by atoms with Gasteiger partial charge in [0.1, 0.15) is 0 Å². The van der Waals surface area contributed by atoms with Gasteiger partial charge in [-0.05, 0) is 80.7 Å². The number of nitrogens with one attached hydrogen (secondary N) is 1. The third-order valence-corrected chi connectivity index (χ3v) is 8.68. The Bertz CT molecular complexity index is 1230. The number of rotatable bonds is 8. The molecule has 0 spiro atoms. The fraction of sp³-hybridized carbons (Fsp3) is 0.435. The number of nitrogens with zero attached hydrogens (tertiary/aromatic N) is 2. The number of hydrogen-bond donors (Lipinski definition) is 1. The van der Waals surface area contributed by atoms with Crippen LogP contribution in [0.3, 0.4) is 0 Å². The van der Waals surface area contributed by atoms with E-state index in [0.29, 0.717) is 22.8 Å². The van der Waals surface area contributed by atoms with E-state index in [4.69, 9.17) is 11.6 Å². The summed E-state index contributed by atoms with van der Waals surface area (Å²) in [6.07, 6.45) is 3.21. The molecule has 1 fully saturated rings. The molecule has 3 aromatic rings. The van der Waals surface area contributed by atoms with Crippen LogP contribution in [0, 0.1) is 5.92 Å². The van der Waals surface area contributed by atoms with E-state index in [-0.39, 0.29) is 9.77 Å². The average molecular weight is 494 g/mol. The second-order valence-electron chi connectivity index (χ2n) is 8.49. The molecule has 32 heavy (non-hydrogen) atoms. The van der Waals surface area contributed by atoms with E-state index < -0.39 is 10.0 Å². The van der Waals surface area contributed by atoms with Crippen molar-refractivity contribution in [3.05, 3.63) is 62.7 Å². The fourth-order valence-corrected chi connectivity index (χ4v) is 6.24. The van der Waals surface area contributed by atoms with Gasteiger partial charge in [0.25, 0.3) is 0 Å². The minimum Gasteiger partial charge on any atom is -0.303 e. The van der Waals surface area contributed by atoms with Crippen molar-refractivity contribution in [1.29, 1.82) is 0 Å². The molecular formula is C23H28ClN3O3S2. The van der Waals surface area contributed by atoms with Crippen molar-refractivity contribution in [2.75, 3.05) is 26.2 Å². The second kappa shape index (κ2) is 10.1. The van der Waals surface area contributed by atoms with Gasteiger partial charge in [-0.2, -0.15) is 0 Å². The highest BCUT2D eigenvalue weighted by atomic mass is 35.5. The zero-order valence-corrected chi connectivity index (χ0v) is 20.5. The molecular weight excluding hydrogens is 466 g/mol.